The number of hydrogen-bond acceptors (Lipinski definition) is 5. The lowest BCUT2D eigenvalue weighted by molar-refractivity contribution is -0.151. The van der Waals surface area contributed by atoms with Crippen molar-refractivity contribution >= 4 is 17.7 Å². The van der Waals surface area contributed by atoms with Gasteiger partial charge in [0.1, 0.15) is 6.04 Å². The second-order valence-corrected chi connectivity index (χ2v) is 5.38. The zero-order valence-corrected chi connectivity index (χ0v) is 10.6. The fourth-order valence-electron chi connectivity index (χ4n) is 2.40. The van der Waals surface area contributed by atoms with Crippen LogP contribution in [0.3, 0.4) is 0 Å². The molecule has 1 N–H and O–H groups in total. The van der Waals surface area contributed by atoms with E-state index >= 15 is 0 Å². The Kier molecular flexibility index (Phi) is 4.49. The molecule has 5 heteroatoms. The first kappa shape index (κ1) is 12.2. The first-order chi connectivity index (χ1) is 7.83. The predicted molar refractivity (Wildman–Crippen MR) is 65.7 cm³/mol. The molecule has 0 radical (unpaired) electrons. The second-order valence-electron chi connectivity index (χ2n) is 4.23. The van der Waals surface area contributed by atoms with Crippen molar-refractivity contribution in [3.05, 3.63) is 0 Å². The smallest absolute Gasteiger partial charge is 0.324 e. The van der Waals surface area contributed by atoms with Crippen LogP contribution in [0.4, 0.5) is 0 Å². The van der Waals surface area contributed by atoms with Crippen molar-refractivity contribution in [2.45, 2.75) is 25.4 Å². The summed E-state index contributed by atoms with van der Waals surface area (Å²) in [5.41, 5.74) is 0. The topological polar surface area (TPSA) is 41.6 Å². The molecule has 2 fully saturated rings. The first-order valence-corrected chi connectivity index (χ1v) is 7.19. The van der Waals surface area contributed by atoms with Crippen LogP contribution in [0.15, 0.2) is 0 Å². The average Bonchev–Trinajstić information content (AvgIpc) is 2.83. The monoisotopic (exact) mass is 244 g/mol. The van der Waals surface area contributed by atoms with E-state index in [2.05, 4.69) is 10.2 Å². The lowest BCUT2D eigenvalue weighted by Gasteiger charge is -2.38. The summed E-state index contributed by atoms with van der Waals surface area (Å²) in [6, 6.07) is 0.499. The largest absolute Gasteiger partial charge is 0.465 e. The van der Waals surface area contributed by atoms with Gasteiger partial charge in [-0.15, -0.1) is 0 Å². The third-order valence-corrected chi connectivity index (χ3v) is 4.36. The maximum Gasteiger partial charge on any atom is 0.324 e. The van der Waals surface area contributed by atoms with Crippen LogP contribution in [0.2, 0.25) is 0 Å². The van der Waals surface area contributed by atoms with Gasteiger partial charge in [-0.1, -0.05) is 0 Å². The van der Waals surface area contributed by atoms with Crippen LogP contribution in [0, 0.1) is 0 Å². The van der Waals surface area contributed by atoms with Crippen LogP contribution in [0.5, 0.6) is 0 Å². The van der Waals surface area contributed by atoms with Crippen LogP contribution in [-0.4, -0.2) is 60.7 Å². The Labute approximate surface area is 101 Å². The molecule has 0 saturated carbocycles. The molecule has 2 heterocycles. The number of carbonyl (C=O) groups is 1. The first-order valence-electron chi connectivity index (χ1n) is 6.03. The summed E-state index contributed by atoms with van der Waals surface area (Å²) >= 11 is 1.99. The third-order valence-electron chi connectivity index (χ3n) is 3.22. The van der Waals surface area contributed by atoms with Gasteiger partial charge in [0.15, 0.2) is 0 Å². The molecule has 16 heavy (non-hydrogen) atoms. The van der Waals surface area contributed by atoms with Crippen LogP contribution in [0.25, 0.3) is 0 Å². The van der Waals surface area contributed by atoms with Crippen molar-refractivity contribution in [3.8, 4) is 0 Å². The Hall–Kier alpha value is -0.260. The standard InChI is InChI=1S/C11H20N2O2S/c1-2-15-11(14)10-7-12-4-5-13(10)9-3-6-16-8-9/h9-10,12H,2-8H2,1H3. The summed E-state index contributed by atoms with van der Waals surface area (Å²) in [4.78, 5) is 14.2. The van der Waals surface area contributed by atoms with E-state index in [1.54, 1.807) is 0 Å². The molecule has 2 aliphatic heterocycles. The fourth-order valence-corrected chi connectivity index (χ4v) is 3.63. The van der Waals surface area contributed by atoms with Gasteiger partial charge in [-0.2, -0.15) is 11.8 Å². The number of rotatable bonds is 3. The molecule has 0 bridgehead atoms. The van der Waals surface area contributed by atoms with Crippen molar-refractivity contribution in [1.29, 1.82) is 0 Å². The van der Waals surface area contributed by atoms with Crippen molar-refractivity contribution in [2.75, 3.05) is 37.7 Å². The maximum absolute atomic E-state index is 11.9. The fraction of sp³-hybridized carbons (Fsp3) is 0.909. The zero-order valence-electron chi connectivity index (χ0n) is 9.78. The molecule has 2 rings (SSSR count). The maximum atomic E-state index is 11.9. The van der Waals surface area contributed by atoms with E-state index in [-0.39, 0.29) is 12.0 Å². The number of nitrogens with one attached hydrogen (secondary N) is 1. The van der Waals surface area contributed by atoms with Crippen molar-refractivity contribution < 1.29 is 9.53 Å². The minimum atomic E-state index is -0.0719. The molecular formula is C11H20N2O2S. The predicted octanol–water partition coefficient (Wildman–Crippen LogP) is 0.329. The van der Waals surface area contributed by atoms with Gasteiger partial charge in [-0.25, -0.2) is 0 Å². The van der Waals surface area contributed by atoms with Crippen molar-refractivity contribution in [2.24, 2.45) is 0 Å². The van der Waals surface area contributed by atoms with E-state index in [9.17, 15) is 4.79 Å². The highest BCUT2D eigenvalue weighted by atomic mass is 32.2. The molecule has 0 aliphatic carbocycles. The van der Waals surface area contributed by atoms with E-state index in [0.717, 1.165) is 25.4 Å². The molecule has 2 unspecified atom stereocenters. The van der Waals surface area contributed by atoms with Crippen LogP contribution >= 0.6 is 11.8 Å². The Morgan fingerprint density at radius 2 is 2.50 bits per heavy atom. The summed E-state index contributed by atoms with van der Waals surface area (Å²) in [7, 11) is 0. The minimum absolute atomic E-state index is 0.0633. The lowest BCUT2D eigenvalue weighted by atomic mass is 10.1. The average molecular weight is 244 g/mol. The molecule has 92 valence electrons. The number of carbonyl (C=O) groups excluding carboxylic acids is 1. The van der Waals surface area contributed by atoms with Gasteiger partial charge in [0.2, 0.25) is 0 Å². The minimum Gasteiger partial charge on any atom is -0.465 e. The molecule has 2 aliphatic rings. The van der Waals surface area contributed by atoms with Gasteiger partial charge in [-0.05, 0) is 19.1 Å². The number of piperazine rings is 1. The molecule has 0 aromatic carbocycles. The summed E-state index contributed by atoms with van der Waals surface area (Å²) < 4.78 is 5.14. The highest BCUT2D eigenvalue weighted by molar-refractivity contribution is 7.99. The molecule has 4 nitrogen and oxygen atoms in total. The normalized spacial score (nSPS) is 31.6. The Morgan fingerprint density at radius 1 is 1.62 bits per heavy atom. The summed E-state index contributed by atoms with van der Waals surface area (Å²) in [6.45, 7) is 5.03. The number of nitrogens with zero attached hydrogens (tertiary/aromatic N) is 1. The van der Waals surface area contributed by atoms with E-state index in [1.807, 2.05) is 18.7 Å². The number of ether oxygens (including phenoxy) is 1. The van der Waals surface area contributed by atoms with Crippen LogP contribution in [-0.2, 0) is 9.53 Å². The third kappa shape index (κ3) is 2.70. The SMILES string of the molecule is CCOC(=O)C1CNCCN1C1CCSC1. The Morgan fingerprint density at radius 3 is 3.19 bits per heavy atom. The molecule has 0 aromatic rings. The summed E-state index contributed by atoms with van der Waals surface area (Å²) in [5.74, 6) is 2.33. The van der Waals surface area contributed by atoms with E-state index < -0.39 is 0 Å². The van der Waals surface area contributed by atoms with E-state index in [4.69, 9.17) is 4.74 Å². The number of thioether (sulfide) groups is 1. The molecule has 2 atom stereocenters. The van der Waals surface area contributed by atoms with Gasteiger partial charge in [0, 0.05) is 31.4 Å². The summed E-state index contributed by atoms with van der Waals surface area (Å²) in [5, 5.41) is 3.28. The van der Waals surface area contributed by atoms with Gasteiger partial charge in [0.25, 0.3) is 0 Å². The molecule has 0 amide bonds. The number of esters is 1. The molecule has 0 spiro atoms. The summed E-state index contributed by atoms with van der Waals surface area (Å²) in [6.07, 6.45) is 1.21. The zero-order chi connectivity index (χ0) is 11.4. The highest BCUT2D eigenvalue weighted by Crippen LogP contribution is 2.24. The molecule has 2 saturated heterocycles. The van der Waals surface area contributed by atoms with Gasteiger partial charge in [-0.3, -0.25) is 9.69 Å². The number of hydrogen-bond donors (Lipinski definition) is 1. The molecule has 0 aromatic heterocycles. The van der Waals surface area contributed by atoms with Crippen LogP contribution < -0.4 is 5.32 Å². The van der Waals surface area contributed by atoms with Gasteiger partial charge < -0.3 is 10.1 Å². The van der Waals surface area contributed by atoms with Gasteiger partial charge >= 0.3 is 5.97 Å². The van der Waals surface area contributed by atoms with Crippen molar-refractivity contribution in [1.82, 2.24) is 10.2 Å². The Balaban J connectivity index is 1.98. The second kappa shape index (κ2) is 5.89. The van der Waals surface area contributed by atoms with Gasteiger partial charge in [0.05, 0.1) is 6.61 Å². The van der Waals surface area contributed by atoms with E-state index in [0.29, 0.717) is 12.6 Å². The molecular weight excluding hydrogens is 224 g/mol. The van der Waals surface area contributed by atoms with Crippen molar-refractivity contribution in [3.63, 3.8) is 0 Å². The van der Waals surface area contributed by atoms with E-state index in [1.165, 1.54) is 12.2 Å². The lowest BCUT2D eigenvalue weighted by Crippen LogP contribution is -2.58. The quantitative estimate of drug-likeness (QED) is 0.725. The van der Waals surface area contributed by atoms with Crippen LogP contribution in [0.1, 0.15) is 13.3 Å². The Bertz CT molecular complexity index is 244. The highest BCUT2D eigenvalue weighted by Gasteiger charge is 2.35.